The van der Waals surface area contributed by atoms with E-state index in [4.69, 9.17) is 0 Å². The standard InChI is InChI=1S/C22H16N2S2/c1-15-12-18(10-11-23-15)24(21-13-16-6-2-4-8-19(16)25-21)22-14-17-7-3-5-9-20(17)26-22/h2-14H,1H3. The number of fused-ring (bicyclic) bond motifs is 2. The van der Waals surface area contributed by atoms with Crippen LogP contribution in [0.4, 0.5) is 15.7 Å². The highest BCUT2D eigenvalue weighted by molar-refractivity contribution is 7.25. The summed E-state index contributed by atoms with van der Waals surface area (Å²) in [6.45, 7) is 2.04. The van der Waals surface area contributed by atoms with Gasteiger partial charge in [0, 0.05) is 21.3 Å². The molecule has 5 rings (SSSR count). The van der Waals surface area contributed by atoms with Crippen LogP contribution in [0.25, 0.3) is 20.2 Å². The number of anilines is 3. The van der Waals surface area contributed by atoms with E-state index in [-0.39, 0.29) is 0 Å². The lowest BCUT2D eigenvalue weighted by molar-refractivity contribution is 1.18. The minimum Gasteiger partial charge on any atom is -0.293 e. The first-order valence-corrected chi connectivity index (χ1v) is 10.1. The molecule has 3 aromatic heterocycles. The molecule has 0 amide bonds. The van der Waals surface area contributed by atoms with Crippen molar-refractivity contribution in [2.45, 2.75) is 6.92 Å². The number of nitrogens with zero attached hydrogens (tertiary/aromatic N) is 2. The summed E-state index contributed by atoms with van der Waals surface area (Å²) in [7, 11) is 0. The Morgan fingerprint density at radius 1 is 0.731 bits per heavy atom. The zero-order chi connectivity index (χ0) is 17.5. The topological polar surface area (TPSA) is 16.1 Å². The number of pyridine rings is 1. The Morgan fingerprint density at radius 3 is 1.85 bits per heavy atom. The molecule has 3 heterocycles. The lowest BCUT2D eigenvalue weighted by Gasteiger charge is -2.21. The molecule has 2 aromatic carbocycles. The molecule has 0 N–H and O–H groups in total. The molecule has 0 aliphatic carbocycles. The van der Waals surface area contributed by atoms with Gasteiger partial charge in [0.2, 0.25) is 0 Å². The Kier molecular flexibility index (Phi) is 3.73. The van der Waals surface area contributed by atoms with Crippen molar-refractivity contribution in [3.63, 3.8) is 0 Å². The molecule has 0 saturated heterocycles. The molecule has 26 heavy (non-hydrogen) atoms. The van der Waals surface area contributed by atoms with Crippen LogP contribution in [0, 0.1) is 6.92 Å². The van der Waals surface area contributed by atoms with E-state index >= 15 is 0 Å². The summed E-state index contributed by atoms with van der Waals surface area (Å²) in [5, 5.41) is 5.01. The second kappa shape index (κ2) is 6.24. The zero-order valence-corrected chi connectivity index (χ0v) is 15.8. The number of hydrogen-bond acceptors (Lipinski definition) is 4. The number of rotatable bonds is 3. The van der Waals surface area contributed by atoms with Gasteiger partial charge in [-0.3, -0.25) is 9.88 Å². The van der Waals surface area contributed by atoms with Gasteiger partial charge in [0.25, 0.3) is 0 Å². The molecule has 0 unspecified atom stereocenters. The first-order chi connectivity index (χ1) is 12.8. The maximum absolute atomic E-state index is 4.38. The van der Waals surface area contributed by atoms with Crippen molar-refractivity contribution in [1.82, 2.24) is 4.98 Å². The van der Waals surface area contributed by atoms with E-state index in [0.29, 0.717) is 0 Å². The molecule has 0 bridgehead atoms. The van der Waals surface area contributed by atoms with Gasteiger partial charge in [-0.2, -0.15) is 0 Å². The van der Waals surface area contributed by atoms with Gasteiger partial charge < -0.3 is 0 Å². The first-order valence-electron chi connectivity index (χ1n) is 8.48. The molecule has 0 atom stereocenters. The largest absolute Gasteiger partial charge is 0.293 e. The molecule has 2 nitrogen and oxygen atoms in total. The lowest BCUT2D eigenvalue weighted by Crippen LogP contribution is -2.07. The molecule has 0 aliphatic heterocycles. The van der Waals surface area contributed by atoms with E-state index in [0.717, 1.165) is 11.4 Å². The fourth-order valence-corrected chi connectivity index (χ4v) is 5.44. The first kappa shape index (κ1) is 15.6. The SMILES string of the molecule is Cc1cc(N(c2cc3ccccc3s2)c2cc3ccccc3s2)ccn1. The average molecular weight is 373 g/mol. The molecule has 0 saturated carbocycles. The van der Waals surface area contributed by atoms with Gasteiger partial charge in [0.15, 0.2) is 0 Å². The number of benzene rings is 2. The van der Waals surface area contributed by atoms with Crippen LogP contribution in [0.3, 0.4) is 0 Å². The van der Waals surface area contributed by atoms with E-state index in [2.05, 4.69) is 82.7 Å². The Hall–Kier alpha value is -2.69. The molecule has 0 radical (unpaired) electrons. The van der Waals surface area contributed by atoms with Crippen molar-refractivity contribution in [3.05, 3.63) is 84.7 Å². The third kappa shape index (κ3) is 2.68. The molecular weight excluding hydrogens is 356 g/mol. The zero-order valence-electron chi connectivity index (χ0n) is 14.2. The van der Waals surface area contributed by atoms with E-state index in [1.165, 1.54) is 30.2 Å². The Bertz CT molecular complexity index is 1080. The van der Waals surface area contributed by atoms with Crippen LogP contribution >= 0.6 is 22.7 Å². The lowest BCUT2D eigenvalue weighted by atomic mass is 10.2. The second-order valence-electron chi connectivity index (χ2n) is 6.24. The van der Waals surface area contributed by atoms with Crippen molar-refractivity contribution >= 4 is 58.5 Å². The van der Waals surface area contributed by atoms with Gasteiger partial charge >= 0.3 is 0 Å². The van der Waals surface area contributed by atoms with E-state index in [9.17, 15) is 0 Å². The average Bonchev–Trinajstić information content (AvgIpc) is 3.25. The van der Waals surface area contributed by atoms with Crippen molar-refractivity contribution in [2.24, 2.45) is 0 Å². The summed E-state index contributed by atoms with van der Waals surface area (Å²) in [5.41, 5.74) is 2.17. The summed E-state index contributed by atoms with van der Waals surface area (Å²) in [4.78, 5) is 6.73. The summed E-state index contributed by atoms with van der Waals surface area (Å²) in [5.74, 6) is 0. The van der Waals surface area contributed by atoms with Gasteiger partial charge in [-0.05, 0) is 54.1 Å². The van der Waals surface area contributed by atoms with Gasteiger partial charge in [0.05, 0.1) is 5.69 Å². The smallest absolute Gasteiger partial charge is 0.102 e. The number of hydrogen-bond donors (Lipinski definition) is 0. The maximum Gasteiger partial charge on any atom is 0.102 e. The Morgan fingerprint density at radius 2 is 1.31 bits per heavy atom. The fourth-order valence-electron chi connectivity index (χ4n) is 3.19. The van der Waals surface area contributed by atoms with E-state index in [1.54, 1.807) is 0 Å². The number of aryl methyl sites for hydroxylation is 1. The van der Waals surface area contributed by atoms with Crippen LogP contribution in [-0.2, 0) is 0 Å². The third-order valence-corrected chi connectivity index (χ3v) is 6.61. The van der Waals surface area contributed by atoms with Crippen LogP contribution in [-0.4, -0.2) is 4.98 Å². The van der Waals surface area contributed by atoms with Crippen LogP contribution < -0.4 is 4.90 Å². The monoisotopic (exact) mass is 372 g/mol. The van der Waals surface area contributed by atoms with Crippen LogP contribution in [0.15, 0.2) is 79.0 Å². The van der Waals surface area contributed by atoms with Crippen LogP contribution in [0.2, 0.25) is 0 Å². The summed E-state index contributed by atoms with van der Waals surface area (Å²) < 4.78 is 2.61. The fraction of sp³-hybridized carbons (Fsp3) is 0.0455. The van der Waals surface area contributed by atoms with E-state index < -0.39 is 0 Å². The summed E-state index contributed by atoms with van der Waals surface area (Å²) in [6, 6.07) is 25.9. The number of aromatic nitrogens is 1. The Labute approximate surface area is 160 Å². The van der Waals surface area contributed by atoms with Gasteiger partial charge in [0.1, 0.15) is 10.0 Å². The molecule has 0 aliphatic rings. The van der Waals surface area contributed by atoms with Gasteiger partial charge in [-0.1, -0.05) is 36.4 Å². The predicted octanol–water partition coefficient (Wildman–Crippen LogP) is 7.29. The second-order valence-corrected chi connectivity index (χ2v) is 8.36. The third-order valence-electron chi connectivity index (χ3n) is 4.40. The molecule has 0 spiro atoms. The number of thiophene rings is 2. The molecule has 5 aromatic rings. The highest BCUT2D eigenvalue weighted by Gasteiger charge is 2.18. The molecular formula is C22H16N2S2. The van der Waals surface area contributed by atoms with Crippen molar-refractivity contribution in [3.8, 4) is 0 Å². The maximum atomic E-state index is 4.38. The molecule has 126 valence electrons. The molecule has 0 fully saturated rings. The molecule has 4 heteroatoms. The minimum atomic E-state index is 1.02. The summed E-state index contributed by atoms with van der Waals surface area (Å²) in [6.07, 6.45) is 1.89. The Balaban J connectivity index is 1.74. The van der Waals surface area contributed by atoms with Gasteiger partial charge in [-0.15, -0.1) is 22.7 Å². The van der Waals surface area contributed by atoms with Crippen molar-refractivity contribution in [1.29, 1.82) is 0 Å². The van der Waals surface area contributed by atoms with E-state index in [1.807, 2.05) is 35.8 Å². The highest BCUT2D eigenvalue weighted by Crippen LogP contribution is 2.45. The minimum absolute atomic E-state index is 1.02. The highest BCUT2D eigenvalue weighted by atomic mass is 32.1. The normalized spacial score (nSPS) is 11.3. The van der Waals surface area contributed by atoms with Crippen LogP contribution in [0.5, 0.6) is 0 Å². The summed E-state index contributed by atoms with van der Waals surface area (Å²) >= 11 is 3.65. The van der Waals surface area contributed by atoms with Gasteiger partial charge in [-0.25, -0.2) is 0 Å². The predicted molar refractivity (Wildman–Crippen MR) is 114 cm³/mol. The van der Waals surface area contributed by atoms with Crippen molar-refractivity contribution < 1.29 is 0 Å². The van der Waals surface area contributed by atoms with Crippen LogP contribution in [0.1, 0.15) is 5.69 Å². The quantitative estimate of drug-likeness (QED) is 0.330. The van der Waals surface area contributed by atoms with Crippen molar-refractivity contribution in [2.75, 3.05) is 4.90 Å².